The highest BCUT2D eigenvalue weighted by molar-refractivity contribution is 7.99. The van der Waals surface area contributed by atoms with Gasteiger partial charge in [0.05, 0.1) is 0 Å². The van der Waals surface area contributed by atoms with E-state index in [2.05, 4.69) is 17.4 Å². The number of carbonyl (C=O) groups excluding carboxylic acids is 1. The first-order valence-electron chi connectivity index (χ1n) is 9.65. The summed E-state index contributed by atoms with van der Waals surface area (Å²) in [5.41, 5.74) is 4.51. The third-order valence-corrected chi connectivity index (χ3v) is 6.20. The van der Waals surface area contributed by atoms with E-state index in [1.807, 2.05) is 66.7 Å². The Kier molecular flexibility index (Phi) is 6.05. The lowest BCUT2D eigenvalue weighted by atomic mass is 9.98. The van der Waals surface area contributed by atoms with Gasteiger partial charge in [0.15, 0.2) is 0 Å². The largest absolute Gasteiger partial charge is 0.480 e. The van der Waals surface area contributed by atoms with Crippen molar-refractivity contribution in [3.05, 3.63) is 90.0 Å². The third kappa shape index (κ3) is 4.33. The SMILES string of the molecule is O=C(NC(CSc1ccccc1)C(=O)O)OCC1c2ccccc2-c2ccccc21. The first-order chi connectivity index (χ1) is 14.6. The number of rotatable bonds is 7. The first kappa shape index (κ1) is 20.0. The molecule has 5 nitrogen and oxygen atoms in total. The van der Waals surface area contributed by atoms with E-state index in [0.717, 1.165) is 27.1 Å². The van der Waals surface area contributed by atoms with Gasteiger partial charge >= 0.3 is 12.1 Å². The molecule has 1 aliphatic carbocycles. The van der Waals surface area contributed by atoms with Crippen LogP contribution < -0.4 is 5.32 Å². The summed E-state index contributed by atoms with van der Waals surface area (Å²) < 4.78 is 5.45. The number of thioether (sulfide) groups is 1. The van der Waals surface area contributed by atoms with Crippen molar-refractivity contribution in [1.82, 2.24) is 5.32 Å². The zero-order valence-corrected chi connectivity index (χ0v) is 17.0. The highest BCUT2D eigenvalue weighted by atomic mass is 32.2. The number of carbonyl (C=O) groups is 2. The van der Waals surface area contributed by atoms with Crippen molar-refractivity contribution in [2.75, 3.05) is 12.4 Å². The Morgan fingerprint density at radius 1 is 0.900 bits per heavy atom. The maximum absolute atomic E-state index is 12.3. The third-order valence-electron chi connectivity index (χ3n) is 5.09. The van der Waals surface area contributed by atoms with Crippen LogP contribution in [0.1, 0.15) is 17.0 Å². The van der Waals surface area contributed by atoms with Crippen molar-refractivity contribution < 1.29 is 19.4 Å². The molecule has 0 fully saturated rings. The molecule has 6 heteroatoms. The van der Waals surface area contributed by atoms with Crippen molar-refractivity contribution >= 4 is 23.8 Å². The molecule has 1 atom stereocenters. The van der Waals surface area contributed by atoms with Crippen molar-refractivity contribution in [3.8, 4) is 11.1 Å². The highest BCUT2D eigenvalue weighted by Gasteiger charge is 2.29. The van der Waals surface area contributed by atoms with Crippen LogP contribution in [0.5, 0.6) is 0 Å². The number of carboxylic acids is 1. The molecule has 30 heavy (non-hydrogen) atoms. The van der Waals surface area contributed by atoms with Crippen LogP contribution in [0.3, 0.4) is 0 Å². The van der Waals surface area contributed by atoms with Crippen LogP contribution in [-0.2, 0) is 9.53 Å². The smallest absolute Gasteiger partial charge is 0.407 e. The van der Waals surface area contributed by atoms with Crippen LogP contribution >= 0.6 is 11.8 Å². The Morgan fingerprint density at radius 2 is 1.47 bits per heavy atom. The van der Waals surface area contributed by atoms with Crippen LogP contribution in [0, 0.1) is 0 Å². The summed E-state index contributed by atoms with van der Waals surface area (Å²) in [7, 11) is 0. The van der Waals surface area contributed by atoms with Crippen molar-refractivity contribution in [1.29, 1.82) is 0 Å². The summed E-state index contributed by atoms with van der Waals surface area (Å²) in [6, 6.07) is 24.6. The van der Waals surface area contributed by atoms with Gasteiger partial charge in [-0.3, -0.25) is 0 Å². The predicted octanol–water partition coefficient (Wildman–Crippen LogP) is 4.77. The van der Waals surface area contributed by atoms with Gasteiger partial charge in [-0.2, -0.15) is 0 Å². The van der Waals surface area contributed by atoms with E-state index < -0.39 is 18.1 Å². The number of hydrogen-bond donors (Lipinski definition) is 2. The molecule has 0 spiro atoms. The molecule has 0 heterocycles. The molecule has 0 bridgehead atoms. The van der Waals surface area contributed by atoms with Gasteiger partial charge < -0.3 is 15.2 Å². The number of benzene rings is 3. The molecule has 0 saturated heterocycles. The van der Waals surface area contributed by atoms with E-state index in [-0.39, 0.29) is 18.3 Å². The molecule has 4 rings (SSSR count). The summed E-state index contributed by atoms with van der Waals surface area (Å²) in [6.45, 7) is 0.151. The fourth-order valence-electron chi connectivity index (χ4n) is 3.65. The molecule has 0 saturated carbocycles. The van der Waals surface area contributed by atoms with Gasteiger partial charge in [-0.25, -0.2) is 9.59 Å². The summed E-state index contributed by atoms with van der Waals surface area (Å²) in [6.07, 6.45) is -0.724. The molecular weight excluding hydrogens is 398 g/mol. The summed E-state index contributed by atoms with van der Waals surface area (Å²) in [5.74, 6) is -0.944. The maximum atomic E-state index is 12.3. The minimum absolute atomic E-state index is 0.0647. The van der Waals surface area contributed by atoms with Crippen LogP contribution in [0.25, 0.3) is 11.1 Å². The first-order valence-corrected chi connectivity index (χ1v) is 10.6. The zero-order valence-electron chi connectivity index (χ0n) is 16.2. The standard InChI is InChI=1S/C24H21NO4S/c26-23(27)22(15-30-16-8-2-1-3-9-16)25-24(28)29-14-21-19-12-6-4-10-17(19)18-11-5-7-13-20(18)21/h1-13,21-22H,14-15H2,(H,25,28)(H,26,27). The fraction of sp³-hybridized carbons (Fsp3) is 0.167. The zero-order chi connectivity index (χ0) is 20.9. The molecule has 0 aliphatic heterocycles. The molecular formula is C24H21NO4S. The minimum atomic E-state index is -1.09. The van der Waals surface area contributed by atoms with Gasteiger partial charge in [-0.1, -0.05) is 66.7 Å². The quantitative estimate of drug-likeness (QED) is 0.540. The predicted molar refractivity (Wildman–Crippen MR) is 117 cm³/mol. The number of amides is 1. The number of alkyl carbamates (subject to hydrolysis) is 1. The molecule has 0 aromatic heterocycles. The lowest BCUT2D eigenvalue weighted by molar-refractivity contribution is -0.138. The van der Waals surface area contributed by atoms with E-state index >= 15 is 0 Å². The second kappa shape index (κ2) is 9.05. The molecule has 3 aromatic carbocycles. The van der Waals surface area contributed by atoms with Crippen molar-refractivity contribution in [3.63, 3.8) is 0 Å². The number of fused-ring (bicyclic) bond motifs is 3. The number of aliphatic carboxylic acids is 1. The van der Waals surface area contributed by atoms with Crippen molar-refractivity contribution in [2.45, 2.75) is 16.9 Å². The van der Waals surface area contributed by atoms with Crippen molar-refractivity contribution in [2.24, 2.45) is 0 Å². The second-order valence-electron chi connectivity index (χ2n) is 6.98. The van der Waals surface area contributed by atoms with Gasteiger partial charge in [0.25, 0.3) is 0 Å². The van der Waals surface area contributed by atoms with Crippen LogP contribution in [0.15, 0.2) is 83.8 Å². The second-order valence-corrected chi connectivity index (χ2v) is 8.08. The normalized spacial score (nSPS) is 13.2. The van der Waals surface area contributed by atoms with E-state index in [0.29, 0.717) is 0 Å². The van der Waals surface area contributed by atoms with Gasteiger partial charge in [-0.05, 0) is 34.4 Å². The van der Waals surface area contributed by atoms with Gasteiger partial charge in [-0.15, -0.1) is 11.8 Å². The Balaban J connectivity index is 1.38. The molecule has 3 aromatic rings. The fourth-order valence-corrected chi connectivity index (χ4v) is 4.59. The lowest BCUT2D eigenvalue weighted by Gasteiger charge is -2.17. The summed E-state index contributed by atoms with van der Waals surface area (Å²) >= 11 is 1.37. The Morgan fingerprint density at radius 3 is 2.07 bits per heavy atom. The lowest BCUT2D eigenvalue weighted by Crippen LogP contribution is -2.43. The summed E-state index contributed by atoms with van der Waals surface area (Å²) in [5, 5.41) is 11.9. The van der Waals surface area contributed by atoms with Gasteiger partial charge in [0.1, 0.15) is 12.6 Å². The number of carboxylic acid groups (broad SMARTS) is 1. The van der Waals surface area contributed by atoms with Crippen LogP contribution in [0.2, 0.25) is 0 Å². The number of ether oxygens (including phenoxy) is 1. The van der Waals surface area contributed by atoms with Crippen LogP contribution in [-0.4, -0.2) is 35.6 Å². The molecule has 0 radical (unpaired) electrons. The van der Waals surface area contributed by atoms with E-state index in [9.17, 15) is 14.7 Å². The molecule has 2 N–H and O–H groups in total. The molecule has 1 amide bonds. The number of nitrogens with one attached hydrogen (secondary N) is 1. The Labute approximate surface area is 179 Å². The Bertz CT molecular complexity index is 1010. The van der Waals surface area contributed by atoms with E-state index in [1.54, 1.807) is 0 Å². The summed E-state index contributed by atoms with van der Waals surface area (Å²) in [4.78, 5) is 24.8. The molecule has 1 aliphatic rings. The average Bonchev–Trinajstić information content (AvgIpc) is 3.09. The Hall–Kier alpha value is -3.25. The molecule has 1 unspecified atom stereocenters. The van der Waals surface area contributed by atoms with E-state index in [1.165, 1.54) is 11.8 Å². The average molecular weight is 420 g/mol. The number of hydrogen-bond acceptors (Lipinski definition) is 4. The molecule has 152 valence electrons. The van der Waals surface area contributed by atoms with E-state index in [4.69, 9.17) is 4.74 Å². The van der Waals surface area contributed by atoms with Gasteiger partial charge in [0.2, 0.25) is 0 Å². The highest BCUT2D eigenvalue weighted by Crippen LogP contribution is 2.44. The maximum Gasteiger partial charge on any atom is 0.407 e. The topological polar surface area (TPSA) is 75.6 Å². The monoisotopic (exact) mass is 419 g/mol. The minimum Gasteiger partial charge on any atom is -0.480 e. The van der Waals surface area contributed by atoms with Crippen LogP contribution in [0.4, 0.5) is 4.79 Å². The van der Waals surface area contributed by atoms with Gasteiger partial charge in [0, 0.05) is 16.6 Å².